The molecule has 1 N–H and O–H groups in total. The van der Waals surface area contributed by atoms with Gasteiger partial charge in [0, 0.05) is 6.54 Å². The molecule has 6 heteroatoms. The van der Waals surface area contributed by atoms with Gasteiger partial charge < -0.3 is 14.8 Å². The molecule has 142 valence electrons. The minimum absolute atomic E-state index is 0.128. The zero-order valence-corrected chi connectivity index (χ0v) is 15.7. The lowest BCUT2D eigenvalue weighted by Gasteiger charge is -2.08. The van der Waals surface area contributed by atoms with Gasteiger partial charge in [-0.2, -0.15) is 0 Å². The zero-order chi connectivity index (χ0) is 19.8. The molecule has 1 amide bonds. The number of ether oxygens (including phenoxy) is 2. The summed E-state index contributed by atoms with van der Waals surface area (Å²) in [5.74, 6) is -1.25. The largest absolute Gasteiger partial charge is 0.465 e. The van der Waals surface area contributed by atoms with Gasteiger partial charge in [0.2, 0.25) is 0 Å². The number of rotatable bonds is 7. The lowest BCUT2D eigenvalue weighted by Crippen LogP contribution is -2.28. The summed E-state index contributed by atoms with van der Waals surface area (Å²) in [6, 6.07) is 12.5. The molecular formula is C21H23NO5. The average molecular weight is 369 g/mol. The standard InChI is InChI=1S/C21H23NO5/c1-14-4-5-17(10-15(14)2)11-20(24)27-13-19(23)22-12-16-6-8-18(9-7-16)21(25)26-3/h4-10H,11-13H2,1-3H3,(H,22,23). The first-order valence-corrected chi connectivity index (χ1v) is 8.54. The fraction of sp³-hybridized carbons (Fsp3) is 0.286. The first-order valence-electron chi connectivity index (χ1n) is 8.54. The van der Waals surface area contributed by atoms with Crippen molar-refractivity contribution in [2.45, 2.75) is 26.8 Å². The molecule has 0 spiro atoms. The maximum absolute atomic E-state index is 11.9. The van der Waals surface area contributed by atoms with Crippen LogP contribution in [0.15, 0.2) is 42.5 Å². The van der Waals surface area contributed by atoms with E-state index in [1.54, 1.807) is 24.3 Å². The van der Waals surface area contributed by atoms with Gasteiger partial charge in [0.05, 0.1) is 19.1 Å². The van der Waals surface area contributed by atoms with Crippen molar-refractivity contribution in [1.82, 2.24) is 5.32 Å². The molecule has 2 aromatic rings. The van der Waals surface area contributed by atoms with Gasteiger partial charge >= 0.3 is 11.9 Å². The summed E-state index contributed by atoms with van der Waals surface area (Å²) in [5.41, 5.74) is 4.38. The highest BCUT2D eigenvalue weighted by Crippen LogP contribution is 2.11. The number of carbonyl (C=O) groups is 3. The van der Waals surface area contributed by atoms with E-state index in [0.29, 0.717) is 5.56 Å². The molecule has 2 aromatic carbocycles. The number of aryl methyl sites for hydroxylation is 2. The Morgan fingerprint density at radius 3 is 2.22 bits per heavy atom. The number of esters is 2. The predicted molar refractivity (Wildman–Crippen MR) is 100 cm³/mol. The van der Waals surface area contributed by atoms with Crippen LogP contribution >= 0.6 is 0 Å². The molecule has 0 bridgehead atoms. The van der Waals surface area contributed by atoms with Crippen molar-refractivity contribution in [3.63, 3.8) is 0 Å². The van der Waals surface area contributed by atoms with E-state index < -0.39 is 11.9 Å². The van der Waals surface area contributed by atoms with Gasteiger partial charge in [-0.15, -0.1) is 0 Å². The Hall–Kier alpha value is -3.15. The van der Waals surface area contributed by atoms with Gasteiger partial charge in [0.25, 0.3) is 5.91 Å². The number of methoxy groups -OCH3 is 1. The second-order valence-electron chi connectivity index (χ2n) is 6.22. The fourth-order valence-electron chi connectivity index (χ4n) is 2.41. The van der Waals surface area contributed by atoms with Crippen LogP contribution in [0.4, 0.5) is 0 Å². The minimum Gasteiger partial charge on any atom is -0.465 e. The third-order valence-electron chi connectivity index (χ3n) is 4.15. The van der Waals surface area contributed by atoms with Crippen LogP contribution in [0.3, 0.4) is 0 Å². The van der Waals surface area contributed by atoms with Crippen molar-refractivity contribution in [2.75, 3.05) is 13.7 Å². The van der Waals surface area contributed by atoms with Crippen molar-refractivity contribution < 1.29 is 23.9 Å². The Labute approximate surface area is 158 Å². The van der Waals surface area contributed by atoms with Gasteiger partial charge in [-0.1, -0.05) is 30.3 Å². The fourth-order valence-corrected chi connectivity index (χ4v) is 2.41. The Morgan fingerprint density at radius 1 is 0.926 bits per heavy atom. The normalized spacial score (nSPS) is 10.2. The molecule has 0 atom stereocenters. The van der Waals surface area contributed by atoms with Gasteiger partial charge in [-0.3, -0.25) is 9.59 Å². The quantitative estimate of drug-likeness (QED) is 0.759. The van der Waals surface area contributed by atoms with E-state index in [1.807, 2.05) is 32.0 Å². The predicted octanol–water partition coefficient (Wildman–Crippen LogP) is 2.49. The number of amides is 1. The van der Waals surface area contributed by atoms with Crippen molar-refractivity contribution in [3.8, 4) is 0 Å². The Morgan fingerprint density at radius 2 is 1.59 bits per heavy atom. The van der Waals surface area contributed by atoms with Crippen molar-refractivity contribution >= 4 is 17.8 Å². The second-order valence-corrected chi connectivity index (χ2v) is 6.22. The van der Waals surface area contributed by atoms with Crippen molar-refractivity contribution in [3.05, 3.63) is 70.3 Å². The molecule has 0 fully saturated rings. The van der Waals surface area contributed by atoms with Crippen LogP contribution in [-0.2, 0) is 32.0 Å². The number of nitrogens with one attached hydrogen (secondary N) is 1. The molecule has 0 aliphatic carbocycles. The van der Waals surface area contributed by atoms with Gasteiger partial charge in [0.1, 0.15) is 0 Å². The van der Waals surface area contributed by atoms with Crippen LogP contribution in [-0.4, -0.2) is 31.6 Å². The average Bonchev–Trinajstić information content (AvgIpc) is 2.67. The van der Waals surface area contributed by atoms with E-state index >= 15 is 0 Å². The first kappa shape index (κ1) is 20.2. The summed E-state index contributed by atoms with van der Waals surface area (Å²) in [4.78, 5) is 35.1. The lowest BCUT2D eigenvalue weighted by atomic mass is 10.0. The van der Waals surface area contributed by atoms with Crippen LogP contribution in [0.25, 0.3) is 0 Å². The Balaban J connectivity index is 1.74. The van der Waals surface area contributed by atoms with Crippen LogP contribution in [0.1, 0.15) is 32.6 Å². The van der Waals surface area contributed by atoms with E-state index in [2.05, 4.69) is 10.1 Å². The van der Waals surface area contributed by atoms with Crippen molar-refractivity contribution in [2.24, 2.45) is 0 Å². The zero-order valence-electron chi connectivity index (χ0n) is 15.7. The summed E-state index contributed by atoms with van der Waals surface area (Å²) >= 11 is 0. The second kappa shape index (κ2) is 9.52. The van der Waals surface area contributed by atoms with Crippen LogP contribution in [0, 0.1) is 13.8 Å². The van der Waals surface area contributed by atoms with E-state index in [-0.39, 0.29) is 25.5 Å². The summed E-state index contributed by atoms with van der Waals surface area (Å²) in [6.45, 7) is 3.93. The molecular weight excluding hydrogens is 346 g/mol. The molecule has 6 nitrogen and oxygen atoms in total. The molecule has 0 heterocycles. The van der Waals surface area contributed by atoms with E-state index in [1.165, 1.54) is 7.11 Å². The third-order valence-corrected chi connectivity index (χ3v) is 4.15. The number of carbonyl (C=O) groups excluding carboxylic acids is 3. The molecule has 0 saturated carbocycles. The summed E-state index contributed by atoms with van der Waals surface area (Å²) in [7, 11) is 1.32. The van der Waals surface area contributed by atoms with Crippen molar-refractivity contribution in [1.29, 1.82) is 0 Å². The summed E-state index contributed by atoms with van der Waals surface area (Å²) in [5, 5.41) is 2.67. The first-order chi connectivity index (χ1) is 12.9. The molecule has 0 aliphatic rings. The topological polar surface area (TPSA) is 81.7 Å². The molecule has 0 aromatic heterocycles. The Bertz CT molecular complexity index is 827. The maximum Gasteiger partial charge on any atom is 0.337 e. The molecule has 27 heavy (non-hydrogen) atoms. The third kappa shape index (κ3) is 6.26. The van der Waals surface area contributed by atoms with Crippen LogP contribution in [0.5, 0.6) is 0 Å². The number of hydrogen-bond donors (Lipinski definition) is 1. The summed E-state index contributed by atoms with van der Waals surface area (Å²) in [6.07, 6.45) is 0.128. The lowest BCUT2D eigenvalue weighted by molar-refractivity contribution is -0.147. The van der Waals surface area contributed by atoms with Crippen LogP contribution in [0.2, 0.25) is 0 Å². The highest BCUT2D eigenvalue weighted by atomic mass is 16.5. The Kier molecular flexibility index (Phi) is 7.11. The summed E-state index contributed by atoms with van der Waals surface area (Å²) < 4.78 is 9.65. The molecule has 0 aliphatic heterocycles. The minimum atomic E-state index is -0.448. The van der Waals surface area contributed by atoms with E-state index in [9.17, 15) is 14.4 Å². The molecule has 0 unspecified atom stereocenters. The molecule has 0 saturated heterocycles. The van der Waals surface area contributed by atoms with Crippen LogP contribution < -0.4 is 5.32 Å². The molecule has 2 rings (SSSR count). The SMILES string of the molecule is COC(=O)c1ccc(CNC(=O)COC(=O)Cc2ccc(C)c(C)c2)cc1. The van der Waals surface area contributed by atoms with E-state index in [4.69, 9.17) is 4.74 Å². The smallest absolute Gasteiger partial charge is 0.337 e. The molecule has 0 radical (unpaired) electrons. The number of benzene rings is 2. The number of hydrogen-bond acceptors (Lipinski definition) is 5. The monoisotopic (exact) mass is 369 g/mol. The van der Waals surface area contributed by atoms with Gasteiger partial charge in [0.15, 0.2) is 6.61 Å². The van der Waals surface area contributed by atoms with E-state index in [0.717, 1.165) is 22.3 Å². The van der Waals surface area contributed by atoms with Gasteiger partial charge in [-0.25, -0.2) is 4.79 Å². The highest BCUT2D eigenvalue weighted by Gasteiger charge is 2.10. The maximum atomic E-state index is 11.9. The van der Waals surface area contributed by atoms with Gasteiger partial charge in [-0.05, 0) is 48.2 Å². The highest BCUT2D eigenvalue weighted by molar-refractivity contribution is 5.89.